The number of primary amides is 3. The molecule has 1 aromatic heterocycles. The SMILES string of the molecule is C.CC1=C2N=C(C=C3NC(=C(C)C4=NC(C)(C5N=C1C(C)(CCC(=O)NCC(C)OP(=O)(O)OC1C(CO)OC([n+]6c[nH]c7cc(C)c(C)cc76)C1O)C5CC(N)=O)C(C)(CC(N)=O)C4CCC(=N)[O-])C(C)(CC(N)=O)C3CCC(=N)[O-])C(C)(C)C2CCC(=N)[O-].[Co+2]. The number of allylic oxidation sites excluding steroid dienone is 6. The molecule has 15 unspecified atom stereocenters. The number of hydrogen-bond donors (Lipinski definition) is 12. The second-order valence-corrected chi connectivity index (χ2v) is 28.4. The minimum atomic E-state index is -5.07. The number of aliphatic hydroxyl groups is 2. The van der Waals surface area contributed by atoms with E-state index < -0.39 is 143 Å². The Morgan fingerprint density at radius 2 is 1.45 bits per heavy atom. The molecule has 2 aromatic rings. The van der Waals surface area contributed by atoms with Crippen molar-refractivity contribution in [3.05, 3.63) is 63.9 Å². The average molecular weight is 1350 g/mol. The predicted molar refractivity (Wildman–Crippen MR) is 335 cm³/mol. The first-order valence-corrected chi connectivity index (χ1v) is 32.0. The molecule has 0 spiro atoms. The number of imidazole rings is 1. The van der Waals surface area contributed by atoms with Crippen LogP contribution in [0.5, 0.6) is 0 Å². The number of nitrogens with zero attached hydrogens (tertiary/aromatic N) is 4. The molecule has 2 saturated heterocycles. The maximum Gasteiger partial charge on any atom is 2.00 e. The van der Waals surface area contributed by atoms with E-state index in [1.165, 1.54) is 6.92 Å². The molecule has 92 heavy (non-hydrogen) atoms. The summed E-state index contributed by atoms with van der Waals surface area (Å²) in [6, 6.07) is 2.74. The molecular formula is C63H92CoN13O14P. The summed E-state index contributed by atoms with van der Waals surface area (Å²) in [7, 11) is -5.07. The van der Waals surface area contributed by atoms with Gasteiger partial charge < -0.3 is 79.2 Å². The van der Waals surface area contributed by atoms with E-state index in [-0.39, 0.29) is 101 Å². The number of hydrogen-bond acceptors (Lipinski definition) is 20. The van der Waals surface area contributed by atoms with E-state index in [0.717, 1.165) is 16.6 Å². The van der Waals surface area contributed by atoms with Crippen LogP contribution >= 0.6 is 7.82 Å². The van der Waals surface area contributed by atoms with Crippen molar-refractivity contribution in [2.75, 3.05) is 13.2 Å². The summed E-state index contributed by atoms with van der Waals surface area (Å²) in [5.74, 6) is -8.24. The number of aromatic nitrogens is 2. The summed E-state index contributed by atoms with van der Waals surface area (Å²) in [6.07, 6.45) is -4.86. The van der Waals surface area contributed by atoms with E-state index in [4.69, 9.17) is 62.2 Å². The standard InChI is InChI=1S/C62H90N13O14P.CH4.Co/c1-29-20-39-40(21-30(29)2)75(28-70-39)57-52(84)53(41(27-76)87-57)89-90(85,86)88-31(3)26-69-49(83)18-19-59(8)37(22-46(66)80)56-62(11)61(10,25-48(68)82)36(14-17-45(65)79)51(74-62)33(5)55-60(9,24-47(67)81)34(12-15-43(63)77)38(71-55)23-42-58(6,7)35(13-16-44(64)78)50(72-42)32(4)54(59)73-56;;/h20-21,23,28,31,34-37,41,52-53,56-57,76,84H,12-19,22,24-27H2,1-11H3,(H15,63,64,65,66,67,68,69,71,72,73,74,77,78,79,80,81,82,83,85,86);1H4;/q;;+2/p-2. The molecule has 8 rings (SSSR count). The third-order valence-corrected chi connectivity index (χ3v) is 21.7. The average Bonchev–Trinajstić information content (AvgIpc) is 1.53. The Bertz CT molecular complexity index is 3540. The van der Waals surface area contributed by atoms with Gasteiger partial charge in [0.05, 0.1) is 24.3 Å². The first kappa shape index (κ1) is 74.5. The number of phosphoric ester groups is 1. The quantitative estimate of drug-likeness (QED) is 0.0279. The molecule has 2 fully saturated rings. The number of fused-ring (bicyclic) bond motifs is 7. The van der Waals surface area contributed by atoms with Crippen LogP contribution in [0.1, 0.15) is 158 Å². The number of ether oxygens (including phenoxy) is 1. The Balaban J connectivity index is 0.00000672. The fourth-order valence-electron chi connectivity index (χ4n) is 15.5. The van der Waals surface area contributed by atoms with Crippen LogP contribution in [0.4, 0.5) is 0 Å². The molecule has 6 aliphatic heterocycles. The van der Waals surface area contributed by atoms with Crippen molar-refractivity contribution in [2.45, 2.75) is 196 Å². The van der Waals surface area contributed by atoms with E-state index in [1.54, 1.807) is 38.6 Å². The Labute approximate surface area is 547 Å². The van der Waals surface area contributed by atoms with Gasteiger partial charge in [0.2, 0.25) is 36.2 Å². The molecule has 15 N–H and O–H groups in total. The number of carbonyl (C=O) groups is 4. The first-order chi connectivity index (χ1) is 41.8. The number of amides is 4. The number of H-pyrrole nitrogens is 1. The summed E-state index contributed by atoms with van der Waals surface area (Å²) in [4.78, 5) is 86.0. The Kier molecular flexibility index (Phi) is 22.6. The zero-order valence-electron chi connectivity index (χ0n) is 53.4. The largest absolute Gasteiger partial charge is 2.00 e. The Morgan fingerprint density at radius 3 is 2.02 bits per heavy atom. The molecule has 29 heteroatoms. The van der Waals surface area contributed by atoms with E-state index in [1.807, 2.05) is 59.8 Å². The number of nitrogens with two attached hydrogens (primary N) is 3. The third-order valence-electron chi connectivity index (χ3n) is 20.6. The van der Waals surface area contributed by atoms with E-state index >= 15 is 0 Å². The Hall–Kier alpha value is -6.49. The van der Waals surface area contributed by atoms with Gasteiger partial charge >= 0.3 is 24.6 Å². The van der Waals surface area contributed by atoms with E-state index in [0.29, 0.717) is 50.9 Å². The van der Waals surface area contributed by atoms with Gasteiger partial charge in [-0.1, -0.05) is 42.0 Å². The molecular weight excluding hydrogens is 1250 g/mol. The topological polar surface area (TPSA) is 473 Å². The van der Waals surface area contributed by atoms with Gasteiger partial charge in [-0.25, -0.2) is 9.55 Å². The van der Waals surface area contributed by atoms with Crippen LogP contribution in [-0.4, -0.2) is 128 Å². The summed E-state index contributed by atoms with van der Waals surface area (Å²) in [5, 5.41) is 90.2. The Morgan fingerprint density at radius 1 is 0.859 bits per heavy atom. The second-order valence-electron chi connectivity index (χ2n) is 27.0. The van der Waals surface area contributed by atoms with Gasteiger partial charge in [0.1, 0.15) is 18.3 Å². The number of phosphoric acid groups is 1. The van der Waals surface area contributed by atoms with Crippen LogP contribution in [0.3, 0.4) is 0 Å². The maximum absolute atomic E-state index is 14.4. The molecule has 7 heterocycles. The summed E-state index contributed by atoms with van der Waals surface area (Å²) in [6.45, 7) is 19.0. The van der Waals surface area contributed by atoms with Crippen molar-refractivity contribution in [3.8, 4) is 0 Å². The number of aliphatic imine (C=N–C) groups is 3. The zero-order valence-corrected chi connectivity index (χ0v) is 55.3. The van der Waals surface area contributed by atoms with Crippen molar-refractivity contribution in [3.63, 3.8) is 0 Å². The molecule has 0 aliphatic carbocycles. The fraction of sp³-hybridized carbons (Fsp3) is 0.635. The van der Waals surface area contributed by atoms with E-state index in [2.05, 4.69) is 15.6 Å². The van der Waals surface area contributed by atoms with Gasteiger partial charge in [0.25, 0.3) is 0 Å². The van der Waals surface area contributed by atoms with Crippen molar-refractivity contribution in [2.24, 2.45) is 77.5 Å². The third kappa shape index (κ3) is 14.1. The molecule has 8 bridgehead atoms. The van der Waals surface area contributed by atoms with Gasteiger partial charge in [-0.05, 0) is 145 Å². The van der Waals surface area contributed by atoms with Crippen LogP contribution in [0.2, 0.25) is 0 Å². The number of aryl methyl sites for hydroxylation is 2. The number of nitrogens with one attached hydrogen (secondary N) is 6. The van der Waals surface area contributed by atoms with Crippen molar-refractivity contribution < 1.29 is 89.3 Å². The van der Waals surface area contributed by atoms with Crippen molar-refractivity contribution >= 4 is 77.3 Å². The summed E-state index contributed by atoms with van der Waals surface area (Å²) >= 11 is 0. The van der Waals surface area contributed by atoms with Gasteiger partial charge in [-0.2, -0.15) is 4.57 Å². The van der Waals surface area contributed by atoms with Gasteiger partial charge in [-0.15, -0.1) is 0 Å². The number of aromatic amines is 1. The van der Waals surface area contributed by atoms with Crippen molar-refractivity contribution in [1.82, 2.24) is 15.6 Å². The smallest absolute Gasteiger partial charge is 0.862 e. The van der Waals surface area contributed by atoms with Gasteiger partial charge in [-0.3, -0.25) is 43.2 Å². The molecule has 0 saturated carbocycles. The second kappa shape index (κ2) is 27.8. The van der Waals surface area contributed by atoms with E-state index in [9.17, 15) is 54.2 Å². The number of carbonyl (C=O) groups excluding carboxylic acids is 4. The molecule has 27 nitrogen and oxygen atoms in total. The minimum Gasteiger partial charge on any atom is -0.862 e. The maximum atomic E-state index is 14.4. The number of aliphatic hydroxyl groups excluding tert-OH is 2. The molecule has 6 aliphatic rings. The van der Waals surface area contributed by atoms with Gasteiger partial charge in [0, 0.05) is 112 Å². The summed E-state index contributed by atoms with van der Waals surface area (Å²) in [5.41, 5.74) is 19.4. The molecule has 507 valence electrons. The first-order valence-electron chi connectivity index (χ1n) is 30.5. The van der Waals surface area contributed by atoms with Crippen LogP contribution in [0, 0.1) is 75.4 Å². The monoisotopic (exact) mass is 1340 g/mol. The van der Waals surface area contributed by atoms with Crippen LogP contribution < -0.4 is 47.7 Å². The number of benzene rings is 1. The zero-order chi connectivity index (χ0) is 66.7. The van der Waals surface area contributed by atoms with Crippen LogP contribution in [-0.2, 0) is 54.3 Å². The summed E-state index contributed by atoms with van der Waals surface area (Å²) < 4.78 is 32.3. The molecule has 1 aromatic carbocycles. The minimum absolute atomic E-state index is 0. The van der Waals surface area contributed by atoms with Crippen LogP contribution in [0.15, 0.2) is 67.8 Å². The molecule has 1 radical (unpaired) electrons. The predicted octanol–water partition coefficient (Wildman–Crippen LogP) is 2.77. The van der Waals surface area contributed by atoms with Gasteiger partial charge in [0.15, 0.2) is 11.0 Å². The fourth-order valence-corrected chi connectivity index (χ4v) is 16.6. The normalized spacial score (nSPS) is 31.3. The van der Waals surface area contributed by atoms with Crippen LogP contribution in [0.25, 0.3) is 11.0 Å². The number of rotatable bonds is 26. The molecule has 4 amide bonds. The molecule has 15 atom stereocenters. The van der Waals surface area contributed by atoms with Crippen molar-refractivity contribution in [1.29, 1.82) is 16.2 Å².